The van der Waals surface area contributed by atoms with Crippen LogP contribution in [0.5, 0.6) is 0 Å². The SMILES string of the molecule is C=CC[C@@H]1OC(=O)C[C@H]1NC(=O)OC(C)(C)C. The standard InChI is InChI=1S/C12H19NO4/c1-5-6-9-8(7-10(14)16-9)13-11(15)17-12(2,3)4/h5,8-9H,1,6-7H2,2-4H3,(H,13,15)/t8-,9+/m1/s1. The Kier molecular flexibility index (Phi) is 4.15. The summed E-state index contributed by atoms with van der Waals surface area (Å²) in [6.45, 7) is 8.93. The Bertz CT molecular complexity index is 319. The second kappa shape index (κ2) is 5.21. The van der Waals surface area contributed by atoms with E-state index in [1.54, 1.807) is 26.8 Å². The van der Waals surface area contributed by atoms with Crippen molar-refractivity contribution in [1.29, 1.82) is 0 Å². The molecule has 1 N–H and O–H groups in total. The number of alkyl carbamates (subject to hydrolysis) is 1. The van der Waals surface area contributed by atoms with Crippen LogP contribution >= 0.6 is 0 Å². The van der Waals surface area contributed by atoms with Gasteiger partial charge in [-0.05, 0) is 20.8 Å². The second-order valence-electron chi connectivity index (χ2n) is 5.01. The second-order valence-corrected chi connectivity index (χ2v) is 5.01. The average Bonchev–Trinajstić information content (AvgIpc) is 2.43. The van der Waals surface area contributed by atoms with E-state index >= 15 is 0 Å². The van der Waals surface area contributed by atoms with Gasteiger partial charge in [-0.25, -0.2) is 4.79 Å². The van der Waals surface area contributed by atoms with Crippen LogP contribution in [0.25, 0.3) is 0 Å². The maximum Gasteiger partial charge on any atom is 0.408 e. The number of carbonyl (C=O) groups excluding carboxylic acids is 2. The molecule has 0 aromatic carbocycles. The van der Waals surface area contributed by atoms with Gasteiger partial charge >= 0.3 is 12.1 Å². The summed E-state index contributed by atoms with van der Waals surface area (Å²) < 4.78 is 10.2. The number of ether oxygens (including phenoxy) is 2. The van der Waals surface area contributed by atoms with Crippen LogP contribution in [-0.2, 0) is 14.3 Å². The lowest BCUT2D eigenvalue weighted by Gasteiger charge is -2.23. The Morgan fingerprint density at radius 3 is 2.82 bits per heavy atom. The van der Waals surface area contributed by atoms with Gasteiger partial charge in [0.1, 0.15) is 11.7 Å². The third-order valence-electron chi connectivity index (χ3n) is 2.22. The molecule has 1 amide bonds. The van der Waals surface area contributed by atoms with E-state index in [1.165, 1.54) is 0 Å². The molecular weight excluding hydrogens is 222 g/mol. The number of carbonyl (C=O) groups is 2. The molecule has 1 rings (SSSR count). The Labute approximate surface area is 101 Å². The lowest BCUT2D eigenvalue weighted by atomic mass is 10.1. The van der Waals surface area contributed by atoms with Crippen molar-refractivity contribution in [2.75, 3.05) is 0 Å². The molecule has 1 heterocycles. The Morgan fingerprint density at radius 1 is 1.65 bits per heavy atom. The van der Waals surface area contributed by atoms with Gasteiger partial charge in [0, 0.05) is 6.42 Å². The summed E-state index contributed by atoms with van der Waals surface area (Å²) in [7, 11) is 0. The van der Waals surface area contributed by atoms with Crippen LogP contribution in [0.2, 0.25) is 0 Å². The van der Waals surface area contributed by atoms with Crippen molar-refractivity contribution < 1.29 is 19.1 Å². The van der Waals surface area contributed by atoms with E-state index < -0.39 is 11.7 Å². The minimum Gasteiger partial charge on any atom is -0.460 e. The van der Waals surface area contributed by atoms with Crippen molar-refractivity contribution in [1.82, 2.24) is 5.32 Å². The average molecular weight is 241 g/mol. The molecule has 0 unspecified atom stereocenters. The van der Waals surface area contributed by atoms with Crippen molar-refractivity contribution in [3.05, 3.63) is 12.7 Å². The maximum absolute atomic E-state index is 11.5. The van der Waals surface area contributed by atoms with Crippen LogP contribution in [0.15, 0.2) is 12.7 Å². The molecule has 1 aliphatic heterocycles. The largest absolute Gasteiger partial charge is 0.460 e. The first-order valence-electron chi connectivity index (χ1n) is 5.61. The molecule has 0 spiro atoms. The van der Waals surface area contributed by atoms with E-state index in [0.29, 0.717) is 6.42 Å². The van der Waals surface area contributed by atoms with Crippen LogP contribution in [0.1, 0.15) is 33.6 Å². The fourth-order valence-corrected chi connectivity index (χ4v) is 1.59. The molecule has 1 aliphatic rings. The molecule has 0 aromatic rings. The van der Waals surface area contributed by atoms with Crippen molar-refractivity contribution >= 4 is 12.1 Å². The lowest BCUT2D eigenvalue weighted by Crippen LogP contribution is -2.43. The number of amides is 1. The van der Waals surface area contributed by atoms with E-state index in [2.05, 4.69) is 11.9 Å². The zero-order valence-corrected chi connectivity index (χ0v) is 10.5. The van der Waals surface area contributed by atoms with Crippen molar-refractivity contribution in [3.8, 4) is 0 Å². The number of rotatable bonds is 3. The number of cyclic esters (lactones) is 1. The molecule has 5 nitrogen and oxygen atoms in total. The highest BCUT2D eigenvalue weighted by atomic mass is 16.6. The minimum absolute atomic E-state index is 0.178. The maximum atomic E-state index is 11.5. The van der Waals surface area contributed by atoms with Crippen LogP contribution < -0.4 is 5.32 Å². The van der Waals surface area contributed by atoms with Crippen LogP contribution in [0.4, 0.5) is 4.79 Å². The molecule has 2 atom stereocenters. The highest BCUT2D eigenvalue weighted by Gasteiger charge is 2.35. The van der Waals surface area contributed by atoms with Gasteiger partial charge in [-0.15, -0.1) is 6.58 Å². The molecule has 1 fully saturated rings. The van der Waals surface area contributed by atoms with E-state index in [1.807, 2.05) is 0 Å². The van der Waals surface area contributed by atoms with E-state index in [4.69, 9.17) is 9.47 Å². The monoisotopic (exact) mass is 241 g/mol. The third kappa shape index (κ3) is 4.46. The summed E-state index contributed by atoms with van der Waals surface area (Å²) in [5, 5.41) is 2.65. The summed E-state index contributed by atoms with van der Waals surface area (Å²) in [6, 6.07) is -0.338. The highest BCUT2D eigenvalue weighted by Crippen LogP contribution is 2.19. The van der Waals surface area contributed by atoms with E-state index in [9.17, 15) is 9.59 Å². The molecule has 0 bridgehead atoms. The van der Waals surface area contributed by atoms with Gasteiger partial charge in [0.05, 0.1) is 12.5 Å². The van der Waals surface area contributed by atoms with Crippen molar-refractivity contribution in [3.63, 3.8) is 0 Å². The van der Waals surface area contributed by atoms with Gasteiger partial charge in [-0.2, -0.15) is 0 Å². The van der Waals surface area contributed by atoms with Gasteiger partial charge in [-0.3, -0.25) is 4.79 Å². The Morgan fingerprint density at radius 2 is 2.29 bits per heavy atom. The first kappa shape index (κ1) is 13.5. The van der Waals surface area contributed by atoms with E-state index in [0.717, 1.165) is 0 Å². The number of nitrogens with one attached hydrogen (secondary N) is 1. The fraction of sp³-hybridized carbons (Fsp3) is 0.667. The summed E-state index contributed by atoms with van der Waals surface area (Å²) in [5.74, 6) is -0.307. The van der Waals surface area contributed by atoms with Crippen LogP contribution in [0.3, 0.4) is 0 Å². The topological polar surface area (TPSA) is 64.6 Å². The molecule has 0 saturated carbocycles. The summed E-state index contributed by atoms with van der Waals surface area (Å²) in [6.07, 6.45) is 1.49. The molecule has 5 heteroatoms. The van der Waals surface area contributed by atoms with Gasteiger partial charge in [-0.1, -0.05) is 6.08 Å². The lowest BCUT2D eigenvalue weighted by molar-refractivity contribution is -0.141. The molecule has 17 heavy (non-hydrogen) atoms. The number of hydrogen-bond donors (Lipinski definition) is 1. The smallest absolute Gasteiger partial charge is 0.408 e. The Hall–Kier alpha value is -1.52. The molecule has 1 saturated heterocycles. The zero-order chi connectivity index (χ0) is 13.1. The first-order chi connectivity index (χ1) is 7.81. The predicted octanol–water partition coefficient (Wildman–Crippen LogP) is 1.77. The Balaban J connectivity index is 2.52. The fourth-order valence-electron chi connectivity index (χ4n) is 1.59. The minimum atomic E-state index is -0.554. The molecule has 0 aliphatic carbocycles. The van der Waals surface area contributed by atoms with Crippen molar-refractivity contribution in [2.45, 2.75) is 51.4 Å². The molecule has 96 valence electrons. The number of esters is 1. The molecule has 0 radical (unpaired) electrons. The predicted molar refractivity (Wildman–Crippen MR) is 62.5 cm³/mol. The van der Waals surface area contributed by atoms with Gasteiger partial charge in [0.2, 0.25) is 0 Å². The van der Waals surface area contributed by atoms with Gasteiger partial charge in [0.15, 0.2) is 0 Å². The van der Waals surface area contributed by atoms with Gasteiger partial charge in [0.25, 0.3) is 0 Å². The van der Waals surface area contributed by atoms with Crippen molar-refractivity contribution in [2.24, 2.45) is 0 Å². The van der Waals surface area contributed by atoms with E-state index in [-0.39, 0.29) is 24.5 Å². The summed E-state index contributed by atoms with van der Waals surface area (Å²) >= 11 is 0. The number of hydrogen-bond acceptors (Lipinski definition) is 4. The molecule has 0 aromatic heterocycles. The van der Waals surface area contributed by atoms with Crippen LogP contribution in [-0.4, -0.2) is 29.8 Å². The van der Waals surface area contributed by atoms with Gasteiger partial charge < -0.3 is 14.8 Å². The summed E-state index contributed by atoms with van der Waals surface area (Å²) in [4.78, 5) is 22.7. The van der Waals surface area contributed by atoms with Crippen LogP contribution in [0, 0.1) is 0 Å². The highest BCUT2D eigenvalue weighted by molar-refractivity contribution is 5.75. The zero-order valence-electron chi connectivity index (χ0n) is 10.5. The molecular formula is C12H19NO4. The first-order valence-corrected chi connectivity index (χ1v) is 5.61. The quantitative estimate of drug-likeness (QED) is 0.604. The normalized spacial score (nSPS) is 24.1. The summed E-state index contributed by atoms with van der Waals surface area (Å²) in [5.41, 5.74) is -0.554. The third-order valence-corrected chi connectivity index (χ3v) is 2.22.